The summed E-state index contributed by atoms with van der Waals surface area (Å²) < 4.78 is 437. The lowest BCUT2D eigenvalue weighted by Gasteiger charge is -2.27. The molecule has 1 atom stereocenters. The van der Waals surface area contributed by atoms with Crippen LogP contribution in [0.3, 0.4) is 0 Å². The van der Waals surface area contributed by atoms with Gasteiger partial charge in [0, 0.05) is 95.4 Å². The van der Waals surface area contributed by atoms with E-state index in [2.05, 4.69) is 163 Å². The molecule has 0 aromatic heterocycles. The van der Waals surface area contributed by atoms with E-state index >= 15 is 0 Å². The Kier molecular flexibility index (Phi) is 39.2. The van der Waals surface area contributed by atoms with Gasteiger partial charge in [0.05, 0.1) is 26.2 Å². The van der Waals surface area contributed by atoms with Gasteiger partial charge >= 0.3 is 44.1 Å². The van der Waals surface area contributed by atoms with Gasteiger partial charge in [-0.3, -0.25) is 0 Å². The summed E-state index contributed by atoms with van der Waals surface area (Å²) in [5, 5.41) is 0. The van der Waals surface area contributed by atoms with Gasteiger partial charge in [-0.15, -0.1) is 13.2 Å². The van der Waals surface area contributed by atoms with Crippen LogP contribution < -0.4 is 0 Å². The van der Waals surface area contributed by atoms with Crippen LogP contribution in [0.25, 0.3) is 22.6 Å². The summed E-state index contributed by atoms with van der Waals surface area (Å²) in [7, 11) is -53.8. The number of sulfonamides is 8. The lowest BCUT2D eigenvalue weighted by Crippen LogP contribution is -2.35. The molecular formula is C46H60F24N12O16S8-4. The zero-order chi connectivity index (χ0) is 84.6. The van der Waals surface area contributed by atoms with E-state index in [0.717, 1.165) is 82.3 Å². The Hall–Kier alpha value is -6.70. The van der Waals surface area contributed by atoms with Crippen LogP contribution in [-0.4, -0.2) is 216 Å². The number of benzene rings is 1. The molecule has 60 heteroatoms. The second-order valence-electron chi connectivity index (χ2n) is 18.9. The maximum absolute atomic E-state index is 11.4. The smallest absolute Gasteiger partial charge is 0.421 e. The highest BCUT2D eigenvalue weighted by Crippen LogP contribution is 2.40. The summed E-state index contributed by atoms with van der Waals surface area (Å²) in [5.74, 6) is 0. The first-order valence-electron chi connectivity index (χ1n) is 26.9. The number of rotatable bonds is 20. The van der Waals surface area contributed by atoms with Crippen molar-refractivity contribution >= 4 is 86.3 Å². The third-order valence-corrected chi connectivity index (χ3v) is 22.1. The van der Waals surface area contributed by atoms with E-state index in [0.29, 0.717) is 6.17 Å². The first-order chi connectivity index (χ1) is 47.2. The van der Waals surface area contributed by atoms with Crippen molar-refractivity contribution in [3.8, 4) is 0 Å². The Bertz CT molecular complexity index is 3590. The quantitative estimate of drug-likeness (QED) is 0.0864. The molecule has 0 amide bonds. The van der Waals surface area contributed by atoms with Gasteiger partial charge in [0.25, 0.3) is 0 Å². The van der Waals surface area contributed by atoms with Crippen LogP contribution in [0, 0.1) is 0 Å². The molecule has 0 bridgehead atoms. The summed E-state index contributed by atoms with van der Waals surface area (Å²) in [4.78, 5) is 17.9. The van der Waals surface area contributed by atoms with Crippen molar-refractivity contribution in [1.82, 2.24) is 39.2 Å². The van der Waals surface area contributed by atoms with Crippen molar-refractivity contribution in [1.29, 1.82) is 0 Å². The molecule has 4 aliphatic heterocycles. The first kappa shape index (κ1) is 103. The van der Waals surface area contributed by atoms with E-state index in [1.165, 1.54) is 11.1 Å². The van der Waals surface area contributed by atoms with Crippen LogP contribution in [0.5, 0.6) is 0 Å². The van der Waals surface area contributed by atoms with Gasteiger partial charge in [0.15, 0.2) is 80.2 Å². The van der Waals surface area contributed by atoms with Gasteiger partial charge in [-0.1, -0.05) is 55.7 Å². The first-order valence-corrected chi connectivity index (χ1v) is 38.4. The SMILES string of the molecule is C=CCN1C=CN(CC)C1.C=CCN1C=CN(CC)C1C.C=CN1C=CN(CC)C1.C=Cc1ccc(CN2C=CN(CC)C2)cc1.O=S(=O)([N-]S(=O)(=O)C(F)(F)F)C(F)(F)F.O=S(=O)([N-]S(=O)(=O)C(F)(F)F)C(F)(F)F.O=S(=O)([N-]S(=O)(=O)C(F)(F)F)C(F)(F)F.O=S(=O)([N-]S(=O)(=O)C(F)(F)F)C(F)(F)F. The van der Waals surface area contributed by atoms with Crippen LogP contribution in [0.1, 0.15) is 45.7 Å². The molecule has 620 valence electrons. The predicted octanol–water partition coefficient (Wildman–Crippen LogP) is 11.2. The summed E-state index contributed by atoms with van der Waals surface area (Å²) >= 11 is 0. The fourth-order valence-electron chi connectivity index (χ4n) is 5.83. The monoisotopic (exact) mass is 1750 g/mol. The minimum atomic E-state index is -6.72. The molecule has 0 spiro atoms. The molecule has 4 aliphatic rings. The molecular weight excluding hydrogens is 1690 g/mol. The topological polar surface area (TPSA) is 355 Å². The number of hydrogen-bond donors (Lipinski definition) is 0. The van der Waals surface area contributed by atoms with Gasteiger partial charge in [-0.05, 0) is 51.9 Å². The van der Waals surface area contributed by atoms with Crippen molar-refractivity contribution in [2.75, 3.05) is 59.3 Å². The Balaban J connectivity index is -0.00000115. The number of hydrogen-bond acceptors (Lipinski definition) is 24. The minimum absolute atomic E-state index is 0.498. The van der Waals surface area contributed by atoms with Crippen LogP contribution in [0.2, 0.25) is 0 Å². The second-order valence-corrected chi connectivity index (χ2v) is 32.6. The zero-order valence-electron chi connectivity index (χ0n) is 54.0. The molecule has 5 rings (SSSR count). The van der Waals surface area contributed by atoms with E-state index in [4.69, 9.17) is 0 Å². The molecule has 0 aliphatic carbocycles. The highest BCUT2D eigenvalue weighted by atomic mass is 32.3. The molecule has 4 heterocycles. The third kappa shape index (κ3) is 34.7. The molecule has 0 fully saturated rings. The molecule has 1 aromatic carbocycles. The lowest BCUT2D eigenvalue weighted by atomic mass is 10.1. The van der Waals surface area contributed by atoms with Crippen molar-refractivity contribution in [3.05, 3.63) is 146 Å². The Morgan fingerprint density at radius 3 is 0.821 bits per heavy atom. The maximum Gasteiger partial charge on any atom is 0.480 e. The van der Waals surface area contributed by atoms with Crippen molar-refractivity contribution in [2.45, 2.75) is 91.4 Å². The average Bonchev–Trinajstić information content (AvgIpc) is 1.15. The van der Waals surface area contributed by atoms with Crippen LogP contribution in [0.4, 0.5) is 105 Å². The number of nitrogens with zero attached hydrogens (tertiary/aromatic N) is 12. The van der Waals surface area contributed by atoms with Gasteiger partial charge in [-0.25, -0.2) is 67.3 Å². The van der Waals surface area contributed by atoms with Gasteiger partial charge in [0.2, 0.25) is 0 Å². The third-order valence-electron chi connectivity index (χ3n) is 11.2. The van der Waals surface area contributed by atoms with E-state index in [-0.39, 0.29) is 0 Å². The molecule has 0 saturated heterocycles. The standard InChI is InChI=1S/C14H18N2.C9H16N2.C8H14N2.C7H12N2.4C2F6NO4S2/c1-3-13-5-7-14(8-6-13)11-16-10-9-15(4-2)12-16;1-4-6-11-8-7-10(5-2)9(11)3;1-3-5-10-7-6-9(4-2)8-10;1-3-8-5-6-9(4-2)7-8;4*3-1(4,5)14(10,11)9-15(12,13)2(6,7)8/h3,5-10H,1,4,11-12H2,2H3;4,7-9H,1,5-6H2,2-3H3;3,6-7H,1,4-5,8H2,2H3;3,5-6H,1,4,7H2,2H3;;;;/q;;;;4*-1. The summed E-state index contributed by atoms with van der Waals surface area (Å²) in [6, 6.07) is 8.55. The van der Waals surface area contributed by atoms with Crippen LogP contribution in [0.15, 0.2) is 119 Å². The average molecular weight is 1750 g/mol. The van der Waals surface area contributed by atoms with E-state index < -0.39 is 124 Å². The van der Waals surface area contributed by atoms with Gasteiger partial charge < -0.3 is 55.7 Å². The highest BCUT2D eigenvalue weighted by Gasteiger charge is 2.50. The summed E-state index contributed by atoms with van der Waals surface area (Å²) in [5.41, 5.74) is -47.1. The van der Waals surface area contributed by atoms with Crippen molar-refractivity contribution in [3.63, 3.8) is 0 Å². The normalized spacial score (nSPS) is 16.3. The largest absolute Gasteiger partial charge is 0.480 e. The lowest BCUT2D eigenvalue weighted by molar-refractivity contribution is -0.0456. The van der Waals surface area contributed by atoms with Crippen LogP contribution >= 0.6 is 0 Å². The summed E-state index contributed by atoms with van der Waals surface area (Å²) in [6.07, 6.45) is 24.9. The second kappa shape index (κ2) is 40.1. The minimum Gasteiger partial charge on any atom is -0.421 e. The Morgan fingerprint density at radius 2 is 0.604 bits per heavy atom. The number of alkyl halides is 24. The summed E-state index contributed by atoms with van der Waals surface area (Å²) in [6.45, 7) is 35.8. The molecule has 1 unspecified atom stereocenters. The Morgan fingerprint density at radius 1 is 0.349 bits per heavy atom. The number of halogens is 24. The molecule has 0 saturated carbocycles. The Labute approximate surface area is 592 Å². The fraction of sp³-hybridized carbons (Fsp3) is 0.522. The molecule has 0 N–H and O–H groups in total. The maximum atomic E-state index is 11.4. The van der Waals surface area contributed by atoms with Crippen molar-refractivity contribution < 1.29 is 173 Å². The van der Waals surface area contributed by atoms with Crippen LogP contribution in [-0.2, 0) is 86.7 Å². The molecule has 106 heavy (non-hydrogen) atoms. The fourth-order valence-corrected chi connectivity index (χ4v) is 12.7. The van der Waals surface area contributed by atoms with Gasteiger partial charge in [0.1, 0.15) is 0 Å². The highest BCUT2D eigenvalue weighted by molar-refractivity contribution is 8.14. The molecule has 28 nitrogen and oxygen atoms in total. The zero-order valence-corrected chi connectivity index (χ0v) is 60.5. The van der Waals surface area contributed by atoms with E-state index in [1.807, 2.05) is 35.5 Å². The predicted molar refractivity (Wildman–Crippen MR) is 331 cm³/mol. The molecule has 0 radical (unpaired) electrons. The molecule has 1 aromatic rings. The van der Waals surface area contributed by atoms with Gasteiger partial charge in [-0.2, -0.15) is 105 Å². The van der Waals surface area contributed by atoms with Crippen molar-refractivity contribution in [2.24, 2.45) is 0 Å². The van der Waals surface area contributed by atoms with E-state index in [1.54, 1.807) is 0 Å². The van der Waals surface area contributed by atoms with E-state index in [9.17, 15) is 173 Å².